The lowest BCUT2D eigenvalue weighted by Gasteiger charge is -2.04. The van der Waals surface area contributed by atoms with E-state index in [4.69, 9.17) is 5.73 Å². The molecule has 0 aliphatic carbocycles. The van der Waals surface area contributed by atoms with E-state index >= 15 is 0 Å². The molecule has 1 amide bonds. The average Bonchev–Trinajstić information content (AvgIpc) is 2.04. The van der Waals surface area contributed by atoms with E-state index in [9.17, 15) is 4.79 Å². The van der Waals surface area contributed by atoms with Gasteiger partial charge in [-0.15, -0.1) is 0 Å². The third-order valence-electron chi connectivity index (χ3n) is 1.65. The molecule has 0 saturated heterocycles. The SMILES string of the molecule is CCCC(=O)Nc1cccc(N)c1. The molecule has 70 valence electrons. The fraction of sp³-hybridized carbons (Fsp3) is 0.300. The third kappa shape index (κ3) is 3.15. The molecule has 0 bridgehead atoms. The van der Waals surface area contributed by atoms with Crippen LogP contribution in [-0.2, 0) is 4.79 Å². The van der Waals surface area contributed by atoms with Crippen LogP contribution in [0.5, 0.6) is 0 Å². The van der Waals surface area contributed by atoms with Crippen LogP contribution < -0.4 is 11.1 Å². The van der Waals surface area contributed by atoms with Crippen molar-refractivity contribution in [1.82, 2.24) is 0 Å². The van der Waals surface area contributed by atoms with Gasteiger partial charge < -0.3 is 11.1 Å². The fourth-order valence-corrected chi connectivity index (χ4v) is 1.07. The summed E-state index contributed by atoms with van der Waals surface area (Å²) in [6.07, 6.45) is 1.41. The molecule has 13 heavy (non-hydrogen) atoms. The highest BCUT2D eigenvalue weighted by Gasteiger charge is 1.99. The largest absolute Gasteiger partial charge is 0.399 e. The Bertz CT molecular complexity index is 297. The Hall–Kier alpha value is -1.51. The average molecular weight is 178 g/mol. The second kappa shape index (κ2) is 4.50. The molecule has 3 heteroatoms. The van der Waals surface area contributed by atoms with Crippen molar-refractivity contribution in [3.8, 4) is 0 Å². The minimum Gasteiger partial charge on any atom is -0.399 e. The monoisotopic (exact) mass is 178 g/mol. The highest BCUT2D eigenvalue weighted by Crippen LogP contribution is 2.11. The van der Waals surface area contributed by atoms with Crippen LogP contribution in [0.4, 0.5) is 11.4 Å². The van der Waals surface area contributed by atoms with Crippen LogP contribution in [0.25, 0.3) is 0 Å². The molecular weight excluding hydrogens is 164 g/mol. The summed E-state index contributed by atoms with van der Waals surface area (Å²) in [5, 5.41) is 2.76. The number of nitrogen functional groups attached to an aromatic ring is 1. The minimum absolute atomic E-state index is 0.0353. The van der Waals surface area contributed by atoms with Gasteiger partial charge in [0.15, 0.2) is 0 Å². The molecule has 0 aliphatic rings. The summed E-state index contributed by atoms with van der Waals surface area (Å²) in [7, 11) is 0. The number of hydrogen-bond acceptors (Lipinski definition) is 2. The van der Waals surface area contributed by atoms with Crippen molar-refractivity contribution in [1.29, 1.82) is 0 Å². The number of rotatable bonds is 3. The zero-order chi connectivity index (χ0) is 9.68. The van der Waals surface area contributed by atoms with E-state index in [2.05, 4.69) is 5.32 Å². The lowest BCUT2D eigenvalue weighted by atomic mass is 10.2. The summed E-state index contributed by atoms with van der Waals surface area (Å²) in [4.78, 5) is 11.2. The van der Waals surface area contributed by atoms with Gasteiger partial charge in [0.1, 0.15) is 0 Å². The first-order valence-electron chi connectivity index (χ1n) is 4.37. The first-order valence-corrected chi connectivity index (χ1v) is 4.37. The maximum Gasteiger partial charge on any atom is 0.224 e. The van der Waals surface area contributed by atoms with Crippen molar-refractivity contribution in [3.05, 3.63) is 24.3 Å². The molecule has 0 spiro atoms. The Balaban J connectivity index is 2.58. The second-order valence-corrected chi connectivity index (χ2v) is 2.92. The number of hydrogen-bond donors (Lipinski definition) is 2. The van der Waals surface area contributed by atoms with Crippen LogP contribution in [0.2, 0.25) is 0 Å². The van der Waals surface area contributed by atoms with Crippen molar-refractivity contribution < 1.29 is 4.79 Å². The van der Waals surface area contributed by atoms with Crippen molar-refractivity contribution in [2.45, 2.75) is 19.8 Å². The summed E-state index contributed by atoms with van der Waals surface area (Å²) in [6.45, 7) is 1.97. The zero-order valence-electron chi connectivity index (χ0n) is 7.71. The number of nitrogens with two attached hydrogens (primary N) is 1. The molecule has 3 nitrogen and oxygen atoms in total. The van der Waals surface area contributed by atoms with Gasteiger partial charge in [-0.25, -0.2) is 0 Å². The molecule has 0 unspecified atom stereocenters. The maximum atomic E-state index is 11.2. The molecular formula is C10H14N2O. The fourth-order valence-electron chi connectivity index (χ4n) is 1.07. The molecule has 0 heterocycles. The van der Waals surface area contributed by atoms with E-state index in [-0.39, 0.29) is 5.91 Å². The van der Waals surface area contributed by atoms with Crippen LogP contribution in [0.3, 0.4) is 0 Å². The Labute approximate surface area is 77.9 Å². The number of carbonyl (C=O) groups excluding carboxylic acids is 1. The maximum absolute atomic E-state index is 11.2. The van der Waals surface area contributed by atoms with Gasteiger partial charge in [-0.2, -0.15) is 0 Å². The molecule has 0 atom stereocenters. The number of benzene rings is 1. The van der Waals surface area contributed by atoms with Gasteiger partial charge >= 0.3 is 0 Å². The normalized spacial score (nSPS) is 9.62. The minimum atomic E-state index is 0.0353. The summed E-state index contributed by atoms with van der Waals surface area (Å²) in [5.41, 5.74) is 6.98. The van der Waals surface area contributed by atoms with Gasteiger partial charge in [-0.05, 0) is 24.6 Å². The summed E-state index contributed by atoms with van der Waals surface area (Å²) in [5.74, 6) is 0.0353. The van der Waals surface area contributed by atoms with Crippen LogP contribution in [0.15, 0.2) is 24.3 Å². The predicted octanol–water partition coefficient (Wildman–Crippen LogP) is 2.01. The van der Waals surface area contributed by atoms with Gasteiger partial charge in [0, 0.05) is 17.8 Å². The highest BCUT2D eigenvalue weighted by molar-refractivity contribution is 5.91. The zero-order valence-corrected chi connectivity index (χ0v) is 7.71. The summed E-state index contributed by atoms with van der Waals surface area (Å²) >= 11 is 0. The van der Waals surface area contributed by atoms with E-state index in [0.29, 0.717) is 12.1 Å². The molecule has 3 N–H and O–H groups in total. The molecule has 0 fully saturated rings. The van der Waals surface area contributed by atoms with Crippen LogP contribution in [0.1, 0.15) is 19.8 Å². The topological polar surface area (TPSA) is 55.1 Å². The van der Waals surface area contributed by atoms with Gasteiger partial charge in [0.05, 0.1) is 0 Å². The Kier molecular flexibility index (Phi) is 3.31. The lowest BCUT2D eigenvalue weighted by molar-refractivity contribution is -0.116. The van der Waals surface area contributed by atoms with E-state index in [0.717, 1.165) is 12.1 Å². The van der Waals surface area contributed by atoms with E-state index in [1.807, 2.05) is 19.1 Å². The van der Waals surface area contributed by atoms with Crippen LogP contribution in [0, 0.1) is 0 Å². The van der Waals surface area contributed by atoms with Crippen LogP contribution >= 0.6 is 0 Å². The van der Waals surface area contributed by atoms with Gasteiger partial charge in [0.2, 0.25) is 5.91 Å². The van der Waals surface area contributed by atoms with E-state index in [1.54, 1.807) is 12.1 Å². The molecule has 1 aromatic rings. The smallest absolute Gasteiger partial charge is 0.224 e. The Morgan fingerprint density at radius 2 is 2.31 bits per heavy atom. The van der Waals surface area contributed by atoms with Gasteiger partial charge in [-0.3, -0.25) is 4.79 Å². The number of nitrogens with one attached hydrogen (secondary N) is 1. The molecule has 1 aromatic carbocycles. The van der Waals surface area contributed by atoms with Gasteiger partial charge in [-0.1, -0.05) is 13.0 Å². The quantitative estimate of drug-likeness (QED) is 0.695. The van der Waals surface area contributed by atoms with E-state index in [1.165, 1.54) is 0 Å². The van der Waals surface area contributed by atoms with Crippen LogP contribution in [-0.4, -0.2) is 5.91 Å². The summed E-state index contributed by atoms with van der Waals surface area (Å²) in [6, 6.07) is 7.17. The molecule has 1 rings (SSSR count). The molecule has 0 radical (unpaired) electrons. The lowest BCUT2D eigenvalue weighted by Crippen LogP contribution is -2.10. The highest BCUT2D eigenvalue weighted by atomic mass is 16.1. The predicted molar refractivity (Wildman–Crippen MR) is 54.4 cm³/mol. The number of anilines is 2. The molecule has 0 aromatic heterocycles. The van der Waals surface area contributed by atoms with Crippen molar-refractivity contribution >= 4 is 17.3 Å². The Morgan fingerprint density at radius 1 is 1.54 bits per heavy atom. The van der Waals surface area contributed by atoms with Crippen molar-refractivity contribution in [2.24, 2.45) is 0 Å². The standard InChI is InChI=1S/C10H14N2O/c1-2-4-10(13)12-9-6-3-5-8(11)7-9/h3,5-7H,2,4,11H2,1H3,(H,12,13). The summed E-state index contributed by atoms with van der Waals surface area (Å²) < 4.78 is 0. The van der Waals surface area contributed by atoms with Crippen molar-refractivity contribution in [2.75, 3.05) is 11.1 Å². The Morgan fingerprint density at radius 3 is 2.92 bits per heavy atom. The first-order chi connectivity index (χ1) is 6.22. The van der Waals surface area contributed by atoms with Crippen molar-refractivity contribution in [3.63, 3.8) is 0 Å². The molecule has 0 saturated carbocycles. The second-order valence-electron chi connectivity index (χ2n) is 2.92. The first kappa shape index (κ1) is 9.58. The van der Waals surface area contributed by atoms with Gasteiger partial charge in [0.25, 0.3) is 0 Å². The number of amides is 1. The molecule has 0 aliphatic heterocycles. The van der Waals surface area contributed by atoms with E-state index < -0.39 is 0 Å². The third-order valence-corrected chi connectivity index (χ3v) is 1.65. The number of carbonyl (C=O) groups is 1.